The van der Waals surface area contributed by atoms with Crippen molar-refractivity contribution in [1.29, 1.82) is 0 Å². The van der Waals surface area contributed by atoms with Gasteiger partial charge in [0.05, 0.1) is 10.2 Å². The second kappa shape index (κ2) is 7.93. The van der Waals surface area contributed by atoms with Gasteiger partial charge in [0.1, 0.15) is 0 Å². The van der Waals surface area contributed by atoms with Crippen LogP contribution in [0.2, 0.25) is 0 Å². The summed E-state index contributed by atoms with van der Waals surface area (Å²) in [5.74, 6) is 0.451. The fraction of sp³-hybridized carbons (Fsp3) is 0.556. The van der Waals surface area contributed by atoms with Crippen LogP contribution in [0.4, 0.5) is 5.13 Å². The van der Waals surface area contributed by atoms with E-state index in [4.69, 9.17) is 4.98 Å². The molecule has 1 heterocycles. The summed E-state index contributed by atoms with van der Waals surface area (Å²) in [6.07, 6.45) is 5.37. The maximum absolute atomic E-state index is 13.0. The first-order valence-corrected chi connectivity index (χ1v) is 10.2. The van der Waals surface area contributed by atoms with E-state index in [0.717, 1.165) is 52.2 Å². The third-order valence-corrected chi connectivity index (χ3v) is 6.06. The maximum atomic E-state index is 13.0. The predicted molar refractivity (Wildman–Crippen MR) is 105 cm³/mol. The number of carbonyl (C=O) groups excluding carboxylic acids is 1. The van der Waals surface area contributed by atoms with Crippen LogP contribution < -0.4 is 4.90 Å². The minimum atomic E-state index is 0.183. The second-order valence-corrected chi connectivity index (χ2v) is 8.66. The summed E-state index contributed by atoms with van der Waals surface area (Å²) in [5, 5.41) is 0.846. The molecule has 3 rings (SSSR count). The van der Waals surface area contributed by atoms with Crippen molar-refractivity contribution in [1.82, 2.24) is 9.88 Å². The standard InChI is InChI=1S/C18H24BrN3OS/c1-21(2)10-5-11-22(17(23)13-6-3-4-7-13)18-20-15-9-8-14(19)12-16(15)24-18/h8-9,12-13H,3-7,10-11H2,1-2H3. The first kappa shape index (κ1) is 17.8. The molecule has 1 aliphatic rings. The fourth-order valence-electron chi connectivity index (χ4n) is 3.24. The zero-order chi connectivity index (χ0) is 17.1. The van der Waals surface area contributed by atoms with Gasteiger partial charge in [0.25, 0.3) is 0 Å². The number of rotatable bonds is 6. The molecule has 1 saturated carbocycles. The van der Waals surface area contributed by atoms with Crippen molar-refractivity contribution in [2.45, 2.75) is 32.1 Å². The lowest BCUT2D eigenvalue weighted by Gasteiger charge is -2.23. The molecular weight excluding hydrogens is 386 g/mol. The number of anilines is 1. The van der Waals surface area contributed by atoms with E-state index in [-0.39, 0.29) is 11.8 Å². The highest BCUT2D eigenvalue weighted by Crippen LogP contribution is 2.34. The highest BCUT2D eigenvalue weighted by Gasteiger charge is 2.29. The topological polar surface area (TPSA) is 36.4 Å². The van der Waals surface area contributed by atoms with E-state index in [2.05, 4.69) is 41.0 Å². The molecule has 1 amide bonds. The highest BCUT2D eigenvalue weighted by atomic mass is 79.9. The van der Waals surface area contributed by atoms with Gasteiger partial charge in [0, 0.05) is 16.9 Å². The summed E-state index contributed by atoms with van der Waals surface area (Å²) in [5.41, 5.74) is 0.968. The molecule has 0 bridgehead atoms. The minimum Gasteiger partial charge on any atom is -0.309 e. The molecule has 4 nitrogen and oxygen atoms in total. The summed E-state index contributed by atoms with van der Waals surface area (Å²) in [4.78, 5) is 21.9. The molecule has 0 saturated heterocycles. The van der Waals surface area contributed by atoms with Crippen LogP contribution in [-0.2, 0) is 4.79 Å². The Kier molecular flexibility index (Phi) is 5.89. The van der Waals surface area contributed by atoms with Crippen LogP contribution in [0.1, 0.15) is 32.1 Å². The Morgan fingerprint density at radius 3 is 2.75 bits per heavy atom. The number of nitrogens with zero attached hydrogens (tertiary/aromatic N) is 3. The largest absolute Gasteiger partial charge is 0.309 e. The lowest BCUT2D eigenvalue weighted by atomic mass is 10.1. The van der Waals surface area contributed by atoms with Gasteiger partial charge in [0.2, 0.25) is 5.91 Å². The third-order valence-electron chi connectivity index (χ3n) is 4.53. The number of fused-ring (bicyclic) bond motifs is 1. The normalized spacial score (nSPS) is 15.5. The average Bonchev–Trinajstić information content (AvgIpc) is 3.19. The second-order valence-electron chi connectivity index (χ2n) is 6.74. The van der Waals surface area contributed by atoms with Crippen molar-refractivity contribution in [3.63, 3.8) is 0 Å². The molecule has 0 radical (unpaired) electrons. The van der Waals surface area contributed by atoms with Gasteiger partial charge in [-0.25, -0.2) is 4.98 Å². The molecule has 0 atom stereocenters. The Bertz CT molecular complexity index is 709. The monoisotopic (exact) mass is 409 g/mol. The Balaban J connectivity index is 1.84. The summed E-state index contributed by atoms with van der Waals surface area (Å²) in [6.45, 7) is 1.72. The van der Waals surface area contributed by atoms with Crippen molar-refractivity contribution in [3.8, 4) is 0 Å². The maximum Gasteiger partial charge on any atom is 0.231 e. The van der Waals surface area contributed by atoms with E-state index in [1.165, 1.54) is 12.8 Å². The van der Waals surface area contributed by atoms with Crippen molar-refractivity contribution < 1.29 is 4.79 Å². The molecule has 6 heteroatoms. The first-order chi connectivity index (χ1) is 11.5. The lowest BCUT2D eigenvalue weighted by Crippen LogP contribution is -2.37. The van der Waals surface area contributed by atoms with Crippen LogP contribution in [0, 0.1) is 5.92 Å². The molecule has 0 aliphatic heterocycles. The number of hydrogen-bond donors (Lipinski definition) is 0. The third kappa shape index (κ3) is 4.16. The summed E-state index contributed by atoms with van der Waals surface area (Å²) >= 11 is 5.13. The van der Waals surface area contributed by atoms with Crippen molar-refractivity contribution in [2.75, 3.05) is 32.1 Å². The van der Waals surface area contributed by atoms with Crippen LogP contribution in [0.15, 0.2) is 22.7 Å². The SMILES string of the molecule is CN(C)CCCN(C(=O)C1CCCC1)c1nc2ccc(Br)cc2s1. The molecule has 1 aromatic heterocycles. The van der Waals surface area contributed by atoms with Gasteiger partial charge < -0.3 is 4.90 Å². The van der Waals surface area contributed by atoms with E-state index >= 15 is 0 Å². The molecule has 2 aromatic rings. The van der Waals surface area contributed by atoms with Gasteiger partial charge in [-0.3, -0.25) is 9.69 Å². The van der Waals surface area contributed by atoms with Gasteiger partial charge in [-0.05, 0) is 58.1 Å². The Morgan fingerprint density at radius 2 is 2.04 bits per heavy atom. The van der Waals surface area contributed by atoms with Gasteiger partial charge in [-0.2, -0.15) is 0 Å². The van der Waals surface area contributed by atoms with Crippen LogP contribution in [-0.4, -0.2) is 43.0 Å². The number of amides is 1. The summed E-state index contributed by atoms with van der Waals surface area (Å²) in [6, 6.07) is 6.09. The number of halogens is 1. The van der Waals surface area contributed by atoms with Gasteiger partial charge in [-0.15, -0.1) is 0 Å². The van der Waals surface area contributed by atoms with Crippen molar-refractivity contribution >= 4 is 48.5 Å². The first-order valence-electron chi connectivity index (χ1n) is 8.57. The number of thiazole rings is 1. The Hall–Kier alpha value is -0.980. The molecule has 0 spiro atoms. The molecule has 1 aromatic carbocycles. The Morgan fingerprint density at radius 1 is 1.29 bits per heavy atom. The van der Waals surface area contributed by atoms with E-state index in [1.807, 2.05) is 17.0 Å². The fourth-order valence-corrected chi connectivity index (χ4v) is 4.79. The molecule has 0 N–H and O–H groups in total. The van der Waals surface area contributed by atoms with Crippen molar-refractivity contribution in [3.05, 3.63) is 22.7 Å². The Labute approximate surface area is 156 Å². The molecule has 0 unspecified atom stereocenters. The number of hydrogen-bond acceptors (Lipinski definition) is 4. The van der Waals surface area contributed by atoms with Gasteiger partial charge >= 0.3 is 0 Å². The van der Waals surface area contributed by atoms with E-state index in [1.54, 1.807) is 11.3 Å². The van der Waals surface area contributed by atoms with Crippen LogP contribution in [0.25, 0.3) is 10.2 Å². The van der Waals surface area contributed by atoms with Crippen LogP contribution in [0.5, 0.6) is 0 Å². The van der Waals surface area contributed by atoms with E-state index in [0.29, 0.717) is 0 Å². The number of benzene rings is 1. The molecular formula is C18H24BrN3OS. The lowest BCUT2D eigenvalue weighted by molar-refractivity contribution is -0.122. The van der Waals surface area contributed by atoms with E-state index < -0.39 is 0 Å². The molecule has 1 aliphatic carbocycles. The van der Waals surface area contributed by atoms with Gasteiger partial charge in [-0.1, -0.05) is 40.1 Å². The number of carbonyl (C=O) groups is 1. The zero-order valence-electron chi connectivity index (χ0n) is 14.3. The summed E-state index contributed by atoms with van der Waals surface area (Å²) < 4.78 is 2.17. The average molecular weight is 410 g/mol. The number of aromatic nitrogens is 1. The minimum absolute atomic E-state index is 0.183. The molecule has 24 heavy (non-hydrogen) atoms. The quantitative estimate of drug-likeness (QED) is 0.702. The predicted octanol–water partition coefficient (Wildman–Crippen LogP) is 4.53. The molecule has 130 valence electrons. The van der Waals surface area contributed by atoms with Gasteiger partial charge in [0.15, 0.2) is 5.13 Å². The highest BCUT2D eigenvalue weighted by molar-refractivity contribution is 9.10. The summed E-state index contributed by atoms with van der Waals surface area (Å²) in [7, 11) is 4.14. The molecule has 1 fully saturated rings. The van der Waals surface area contributed by atoms with Crippen molar-refractivity contribution in [2.24, 2.45) is 5.92 Å². The smallest absolute Gasteiger partial charge is 0.231 e. The van der Waals surface area contributed by atoms with E-state index in [9.17, 15) is 4.79 Å². The van der Waals surface area contributed by atoms with Crippen LogP contribution >= 0.6 is 27.3 Å². The zero-order valence-corrected chi connectivity index (χ0v) is 16.7. The van der Waals surface area contributed by atoms with Crippen LogP contribution in [0.3, 0.4) is 0 Å².